The molecule has 90 valence electrons. The summed E-state index contributed by atoms with van der Waals surface area (Å²) in [6, 6.07) is 2.94. The summed E-state index contributed by atoms with van der Waals surface area (Å²) in [6.45, 7) is 5.89. The minimum absolute atomic E-state index is 0.517. The number of nitrogens with one attached hydrogen (secondary N) is 1. The molecule has 1 N–H and O–H groups in total. The predicted octanol–water partition coefficient (Wildman–Crippen LogP) is 3.41. The van der Waals surface area contributed by atoms with Gasteiger partial charge in [0.25, 0.3) is 0 Å². The summed E-state index contributed by atoms with van der Waals surface area (Å²) in [5.41, 5.74) is 1.99. The number of rotatable bonds is 4. The van der Waals surface area contributed by atoms with Gasteiger partial charge in [0.2, 0.25) is 0 Å². The molecule has 16 heavy (non-hydrogen) atoms. The van der Waals surface area contributed by atoms with E-state index in [2.05, 4.69) is 47.8 Å². The SMILES string of the molecule is CC1(C)CSCC(NCCc2ccsc2)C1. The van der Waals surface area contributed by atoms with Crippen LogP contribution in [0, 0.1) is 5.41 Å². The first-order valence-corrected chi connectivity index (χ1v) is 8.08. The fourth-order valence-corrected chi connectivity index (χ4v) is 4.26. The van der Waals surface area contributed by atoms with Crippen molar-refractivity contribution in [2.45, 2.75) is 32.7 Å². The Morgan fingerprint density at radius 2 is 2.38 bits per heavy atom. The van der Waals surface area contributed by atoms with E-state index in [9.17, 15) is 0 Å². The quantitative estimate of drug-likeness (QED) is 0.885. The topological polar surface area (TPSA) is 12.0 Å². The predicted molar refractivity (Wildman–Crippen MR) is 75.5 cm³/mol. The Hall–Kier alpha value is 0.01000. The second-order valence-corrected chi connectivity index (χ2v) is 7.23. The zero-order chi connectivity index (χ0) is 11.4. The maximum absolute atomic E-state index is 3.70. The molecule has 0 radical (unpaired) electrons. The Kier molecular flexibility index (Phi) is 4.34. The minimum Gasteiger partial charge on any atom is -0.313 e. The molecule has 0 amide bonds. The van der Waals surface area contributed by atoms with E-state index in [1.165, 1.54) is 29.9 Å². The normalized spacial score (nSPS) is 24.5. The summed E-state index contributed by atoms with van der Waals surface area (Å²) in [4.78, 5) is 0. The third kappa shape index (κ3) is 3.79. The summed E-state index contributed by atoms with van der Waals surface area (Å²) < 4.78 is 0. The van der Waals surface area contributed by atoms with Crippen molar-refractivity contribution in [2.24, 2.45) is 5.41 Å². The average Bonchev–Trinajstić information content (AvgIpc) is 2.69. The van der Waals surface area contributed by atoms with E-state index in [-0.39, 0.29) is 0 Å². The van der Waals surface area contributed by atoms with Crippen LogP contribution in [-0.4, -0.2) is 24.1 Å². The van der Waals surface area contributed by atoms with Gasteiger partial charge in [-0.3, -0.25) is 0 Å². The van der Waals surface area contributed by atoms with Crippen molar-refractivity contribution in [1.82, 2.24) is 5.32 Å². The molecule has 0 bridgehead atoms. The van der Waals surface area contributed by atoms with E-state index in [1.807, 2.05) is 0 Å². The van der Waals surface area contributed by atoms with Gasteiger partial charge in [0.05, 0.1) is 0 Å². The van der Waals surface area contributed by atoms with Gasteiger partial charge in [-0.05, 0) is 52.9 Å². The van der Waals surface area contributed by atoms with Crippen LogP contribution in [0.4, 0.5) is 0 Å². The molecule has 2 rings (SSSR count). The van der Waals surface area contributed by atoms with Crippen LogP contribution in [0.1, 0.15) is 25.8 Å². The summed E-state index contributed by atoms with van der Waals surface area (Å²) >= 11 is 3.89. The number of hydrogen-bond donors (Lipinski definition) is 1. The van der Waals surface area contributed by atoms with E-state index < -0.39 is 0 Å². The lowest BCUT2D eigenvalue weighted by Gasteiger charge is -2.35. The molecule has 1 fully saturated rings. The highest BCUT2D eigenvalue weighted by atomic mass is 32.2. The van der Waals surface area contributed by atoms with Crippen LogP contribution in [-0.2, 0) is 6.42 Å². The molecule has 1 aliphatic rings. The number of thiophene rings is 1. The third-order valence-corrected chi connectivity index (χ3v) is 5.39. The van der Waals surface area contributed by atoms with Crippen molar-refractivity contribution in [3.05, 3.63) is 22.4 Å². The van der Waals surface area contributed by atoms with Crippen LogP contribution < -0.4 is 5.32 Å². The Bertz CT molecular complexity index is 306. The van der Waals surface area contributed by atoms with Crippen LogP contribution in [0.5, 0.6) is 0 Å². The lowest BCUT2D eigenvalue weighted by molar-refractivity contribution is 0.319. The van der Waals surface area contributed by atoms with Gasteiger partial charge in [-0.25, -0.2) is 0 Å². The summed E-state index contributed by atoms with van der Waals surface area (Å²) in [6.07, 6.45) is 2.49. The number of hydrogen-bond acceptors (Lipinski definition) is 3. The van der Waals surface area contributed by atoms with Gasteiger partial charge in [0, 0.05) is 11.8 Å². The van der Waals surface area contributed by atoms with E-state index in [0.29, 0.717) is 11.5 Å². The first-order chi connectivity index (χ1) is 7.66. The molecule has 1 aromatic rings. The van der Waals surface area contributed by atoms with Crippen LogP contribution in [0.2, 0.25) is 0 Å². The van der Waals surface area contributed by atoms with Crippen LogP contribution in [0.25, 0.3) is 0 Å². The Labute approximate surface area is 107 Å². The van der Waals surface area contributed by atoms with Crippen molar-refractivity contribution < 1.29 is 0 Å². The van der Waals surface area contributed by atoms with Gasteiger partial charge in [0.15, 0.2) is 0 Å². The maximum atomic E-state index is 3.70. The molecule has 1 aliphatic heterocycles. The molecular weight excluding hydrogens is 234 g/mol. The summed E-state index contributed by atoms with van der Waals surface area (Å²) in [7, 11) is 0. The average molecular weight is 255 g/mol. The minimum atomic E-state index is 0.517. The second-order valence-electron chi connectivity index (χ2n) is 5.42. The highest BCUT2D eigenvalue weighted by Crippen LogP contribution is 2.33. The van der Waals surface area contributed by atoms with Crippen molar-refractivity contribution in [2.75, 3.05) is 18.1 Å². The molecule has 1 nitrogen and oxygen atoms in total. The highest BCUT2D eigenvalue weighted by Gasteiger charge is 2.27. The monoisotopic (exact) mass is 255 g/mol. The molecule has 0 aromatic carbocycles. The van der Waals surface area contributed by atoms with Crippen molar-refractivity contribution in [3.8, 4) is 0 Å². The molecule has 0 spiro atoms. The van der Waals surface area contributed by atoms with Crippen LogP contribution in [0.3, 0.4) is 0 Å². The lowest BCUT2D eigenvalue weighted by atomic mass is 9.88. The van der Waals surface area contributed by atoms with E-state index >= 15 is 0 Å². The maximum Gasteiger partial charge on any atom is 0.0163 e. The Morgan fingerprint density at radius 1 is 1.50 bits per heavy atom. The first-order valence-electron chi connectivity index (χ1n) is 5.98. The van der Waals surface area contributed by atoms with E-state index in [0.717, 1.165) is 6.54 Å². The summed E-state index contributed by atoms with van der Waals surface area (Å²) in [5, 5.41) is 8.11. The Balaban J connectivity index is 1.70. The molecule has 0 saturated carbocycles. The molecule has 2 heterocycles. The fourth-order valence-electron chi connectivity index (χ4n) is 2.25. The zero-order valence-corrected chi connectivity index (χ0v) is 11.8. The molecule has 1 unspecified atom stereocenters. The molecular formula is C13H21NS2. The largest absolute Gasteiger partial charge is 0.313 e. The van der Waals surface area contributed by atoms with Crippen molar-refractivity contribution in [1.29, 1.82) is 0 Å². The highest BCUT2D eigenvalue weighted by molar-refractivity contribution is 7.99. The van der Waals surface area contributed by atoms with E-state index in [1.54, 1.807) is 11.3 Å². The molecule has 3 heteroatoms. The standard InChI is InChI=1S/C13H21NS2/c1-13(2)7-12(9-16-10-13)14-5-3-11-4-6-15-8-11/h4,6,8,12,14H,3,5,7,9-10H2,1-2H3. The van der Waals surface area contributed by atoms with Crippen molar-refractivity contribution >= 4 is 23.1 Å². The van der Waals surface area contributed by atoms with Gasteiger partial charge < -0.3 is 5.32 Å². The Morgan fingerprint density at radius 3 is 3.06 bits per heavy atom. The van der Waals surface area contributed by atoms with Gasteiger partial charge in [0.1, 0.15) is 0 Å². The number of thioether (sulfide) groups is 1. The van der Waals surface area contributed by atoms with Gasteiger partial charge >= 0.3 is 0 Å². The fraction of sp³-hybridized carbons (Fsp3) is 0.692. The van der Waals surface area contributed by atoms with Crippen molar-refractivity contribution in [3.63, 3.8) is 0 Å². The van der Waals surface area contributed by atoms with Gasteiger partial charge in [-0.2, -0.15) is 23.1 Å². The lowest BCUT2D eigenvalue weighted by Crippen LogP contribution is -2.41. The molecule has 1 atom stereocenters. The molecule has 1 aromatic heterocycles. The van der Waals surface area contributed by atoms with Crippen LogP contribution in [0.15, 0.2) is 16.8 Å². The molecule has 0 aliphatic carbocycles. The zero-order valence-electron chi connectivity index (χ0n) is 10.2. The molecule has 1 saturated heterocycles. The first kappa shape index (κ1) is 12.5. The van der Waals surface area contributed by atoms with E-state index in [4.69, 9.17) is 0 Å². The smallest absolute Gasteiger partial charge is 0.0163 e. The van der Waals surface area contributed by atoms with Crippen LogP contribution >= 0.6 is 23.1 Å². The van der Waals surface area contributed by atoms with Gasteiger partial charge in [-0.1, -0.05) is 13.8 Å². The summed E-state index contributed by atoms with van der Waals surface area (Å²) in [5.74, 6) is 2.60. The second kappa shape index (κ2) is 5.56. The van der Waals surface area contributed by atoms with Gasteiger partial charge in [-0.15, -0.1) is 0 Å². The third-order valence-electron chi connectivity index (χ3n) is 3.04.